The molecule has 10 heteroatoms. The van der Waals surface area contributed by atoms with Crippen LogP contribution in [0.2, 0.25) is 0 Å². The Hall–Kier alpha value is -3.89. The molecule has 0 fully saturated rings. The number of rotatable bonds is 9. The van der Waals surface area contributed by atoms with Crippen LogP contribution < -0.4 is 10.7 Å². The summed E-state index contributed by atoms with van der Waals surface area (Å²) in [4.78, 5) is 27.7. The molecule has 0 aliphatic rings. The summed E-state index contributed by atoms with van der Waals surface area (Å²) < 4.78 is 27.7. The minimum absolute atomic E-state index is 0.000746. The highest BCUT2D eigenvalue weighted by atomic mass is 32.2. The number of amides is 2. The van der Waals surface area contributed by atoms with E-state index >= 15 is 0 Å². The molecule has 0 saturated heterocycles. The van der Waals surface area contributed by atoms with Gasteiger partial charge >= 0.3 is 0 Å². The van der Waals surface area contributed by atoms with Crippen LogP contribution in [0.25, 0.3) is 0 Å². The number of pyridine rings is 1. The molecular weight excluding hydrogens is 442 g/mol. The quantitative estimate of drug-likeness (QED) is 0.371. The van der Waals surface area contributed by atoms with E-state index in [1.807, 2.05) is 6.07 Å². The molecule has 3 rings (SSSR count). The monoisotopic (exact) mass is 465 g/mol. The maximum atomic E-state index is 13.3. The first-order valence-electron chi connectivity index (χ1n) is 9.98. The smallest absolute Gasteiger partial charge is 0.255 e. The highest BCUT2D eigenvalue weighted by molar-refractivity contribution is 7.89. The number of carbonyl (C=O) groups excluding carboxylic acids is 2. The summed E-state index contributed by atoms with van der Waals surface area (Å²) in [6.07, 6.45) is 4.61. The van der Waals surface area contributed by atoms with E-state index in [4.69, 9.17) is 0 Å². The van der Waals surface area contributed by atoms with E-state index in [1.165, 1.54) is 37.4 Å². The molecule has 1 heterocycles. The fourth-order valence-corrected chi connectivity index (χ4v) is 4.29. The molecule has 0 aliphatic heterocycles. The van der Waals surface area contributed by atoms with E-state index < -0.39 is 22.5 Å². The van der Waals surface area contributed by atoms with Crippen LogP contribution in [-0.4, -0.2) is 42.3 Å². The Morgan fingerprint density at radius 3 is 2.39 bits per heavy atom. The molecule has 33 heavy (non-hydrogen) atoms. The third kappa shape index (κ3) is 7.06. The first-order valence-corrected chi connectivity index (χ1v) is 11.4. The van der Waals surface area contributed by atoms with Gasteiger partial charge in [-0.2, -0.15) is 9.41 Å². The second-order valence-electron chi connectivity index (χ2n) is 7.04. The lowest BCUT2D eigenvalue weighted by Crippen LogP contribution is -2.39. The van der Waals surface area contributed by atoms with Gasteiger partial charge in [0.1, 0.15) is 0 Å². The topological polar surface area (TPSA) is 121 Å². The summed E-state index contributed by atoms with van der Waals surface area (Å²) in [5.41, 5.74) is 4.23. The number of nitrogens with zero attached hydrogens (tertiary/aromatic N) is 3. The number of nitrogens with one attached hydrogen (secondary N) is 2. The van der Waals surface area contributed by atoms with Gasteiger partial charge in [-0.1, -0.05) is 36.4 Å². The summed E-state index contributed by atoms with van der Waals surface area (Å²) in [6.45, 7) is 0.924. The van der Waals surface area contributed by atoms with Gasteiger partial charge < -0.3 is 5.32 Å². The number of hydrogen-bond acceptors (Lipinski definition) is 6. The lowest BCUT2D eigenvalue weighted by molar-refractivity contribution is -0.121. The first kappa shape index (κ1) is 23.8. The van der Waals surface area contributed by atoms with Gasteiger partial charge in [0.25, 0.3) is 5.91 Å². The van der Waals surface area contributed by atoms with Crippen molar-refractivity contribution in [2.75, 3.05) is 11.9 Å². The predicted octanol–water partition coefficient (Wildman–Crippen LogP) is 2.38. The predicted molar refractivity (Wildman–Crippen MR) is 125 cm³/mol. The summed E-state index contributed by atoms with van der Waals surface area (Å²) in [6, 6.07) is 18.2. The number of carbonyl (C=O) groups is 2. The molecule has 2 aromatic carbocycles. The molecule has 0 spiro atoms. The Balaban J connectivity index is 1.78. The Morgan fingerprint density at radius 2 is 1.76 bits per heavy atom. The van der Waals surface area contributed by atoms with Crippen molar-refractivity contribution in [2.45, 2.75) is 18.4 Å². The second kappa shape index (κ2) is 11.1. The zero-order chi connectivity index (χ0) is 23.7. The molecule has 9 nitrogen and oxygen atoms in total. The van der Waals surface area contributed by atoms with Crippen molar-refractivity contribution in [1.29, 1.82) is 0 Å². The molecule has 0 aliphatic carbocycles. The number of hydrogen-bond donors (Lipinski definition) is 2. The summed E-state index contributed by atoms with van der Waals surface area (Å²) in [5.74, 6) is -0.857. The zero-order valence-electron chi connectivity index (χ0n) is 17.9. The van der Waals surface area contributed by atoms with E-state index in [2.05, 4.69) is 20.8 Å². The number of hydrazone groups is 1. The van der Waals surface area contributed by atoms with Crippen LogP contribution in [0.4, 0.5) is 5.69 Å². The van der Waals surface area contributed by atoms with Crippen molar-refractivity contribution >= 4 is 33.7 Å². The average molecular weight is 466 g/mol. The van der Waals surface area contributed by atoms with Crippen molar-refractivity contribution in [3.63, 3.8) is 0 Å². The van der Waals surface area contributed by atoms with Crippen molar-refractivity contribution in [3.05, 3.63) is 90.3 Å². The van der Waals surface area contributed by atoms with Gasteiger partial charge in [-0.3, -0.25) is 14.6 Å². The molecule has 0 unspecified atom stereocenters. The minimum Gasteiger partial charge on any atom is -0.326 e. The Bertz CT molecular complexity index is 1210. The largest absolute Gasteiger partial charge is 0.326 e. The molecule has 170 valence electrons. The van der Waals surface area contributed by atoms with Crippen LogP contribution in [0.5, 0.6) is 0 Å². The van der Waals surface area contributed by atoms with Crippen LogP contribution in [0.1, 0.15) is 18.1 Å². The van der Waals surface area contributed by atoms with Gasteiger partial charge in [-0.15, -0.1) is 0 Å². The molecule has 2 amide bonds. The summed E-state index contributed by atoms with van der Waals surface area (Å²) in [5, 5.41) is 6.46. The van der Waals surface area contributed by atoms with Gasteiger partial charge in [0, 0.05) is 37.1 Å². The van der Waals surface area contributed by atoms with Crippen molar-refractivity contribution in [3.8, 4) is 0 Å². The minimum atomic E-state index is -4.02. The van der Waals surface area contributed by atoms with Crippen LogP contribution in [-0.2, 0) is 26.2 Å². The number of sulfonamides is 1. The van der Waals surface area contributed by atoms with Gasteiger partial charge in [0.15, 0.2) is 0 Å². The Labute approximate surface area is 192 Å². The maximum absolute atomic E-state index is 13.3. The van der Waals surface area contributed by atoms with Gasteiger partial charge in [-0.05, 0) is 35.9 Å². The number of benzene rings is 2. The lowest BCUT2D eigenvalue weighted by Gasteiger charge is -2.21. The molecule has 0 radical (unpaired) electrons. The molecule has 0 saturated carbocycles. The molecule has 3 aromatic rings. The number of anilines is 1. The maximum Gasteiger partial charge on any atom is 0.255 e. The third-order valence-corrected chi connectivity index (χ3v) is 6.23. The SMILES string of the molecule is CC(=O)Nc1ccc(S(=O)(=O)N(CC(=O)N/N=C\c2cccnc2)Cc2ccccc2)cc1. The van der Waals surface area contributed by atoms with Crippen LogP contribution >= 0.6 is 0 Å². The average Bonchev–Trinajstić information content (AvgIpc) is 2.80. The van der Waals surface area contributed by atoms with Crippen molar-refractivity contribution in [1.82, 2.24) is 14.7 Å². The normalized spacial score (nSPS) is 11.5. The van der Waals surface area contributed by atoms with Crippen LogP contribution in [0.15, 0.2) is 89.1 Å². The third-order valence-electron chi connectivity index (χ3n) is 4.42. The Kier molecular flexibility index (Phi) is 8.01. The van der Waals surface area contributed by atoms with Crippen molar-refractivity contribution < 1.29 is 18.0 Å². The lowest BCUT2D eigenvalue weighted by atomic mass is 10.2. The molecule has 2 N–H and O–H groups in total. The standard InChI is InChI=1S/C23H23N5O4S/c1-18(29)26-21-9-11-22(12-10-21)33(31,32)28(16-19-6-3-2-4-7-19)17-23(30)27-25-15-20-8-5-13-24-14-20/h2-15H,16-17H2,1H3,(H,26,29)(H,27,30)/b25-15-. The van der Waals surface area contributed by atoms with E-state index in [1.54, 1.807) is 48.8 Å². The zero-order valence-corrected chi connectivity index (χ0v) is 18.7. The van der Waals surface area contributed by atoms with E-state index in [9.17, 15) is 18.0 Å². The molecule has 0 bridgehead atoms. The van der Waals surface area contributed by atoms with Gasteiger partial charge in [0.2, 0.25) is 15.9 Å². The fraction of sp³-hybridized carbons (Fsp3) is 0.130. The second-order valence-corrected chi connectivity index (χ2v) is 8.98. The number of aromatic nitrogens is 1. The molecule has 1 aromatic heterocycles. The van der Waals surface area contributed by atoms with Crippen LogP contribution in [0.3, 0.4) is 0 Å². The van der Waals surface area contributed by atoms with E-state index in [-0.39, 0.29) is 17.3 Å². The highest BCUT2D eigenvalue weighted by Crippen LogP contribution is 2.20. The molecule has 0 atom stereocenters. The van der Waals surface area contributed by atoms with Crippen LogP contribution in [0, 0.1) is 0 Å². The van der Waals surface area contributed by atoms with E-state index in [0.29, 0.717) is 11.3 Å². The van der Waals surface area contributed by atoms with Gasteiger partial charge in [-0.25, -0.2) is 13.8 Å². The highest BCUT2D eigenvalue weighted by Gasteiger charge is 2.27. The summed E-state index contributed by atoms with van der Waals surface area (Å²) >= 11 is 0. The van der Waals surface area contributed by atoms with Crippen molar-refractivity contribution in [2.24, 2.45) is 5.10 Å². The Morgan fingerprint density at radius 1 is 1.03 bits per heavy atom. The molecular formula is C23H23N5O4S. The summed E-state index contributed by atoms with van der Waals surface area (Å²) in [7, 11) is -4.02. The van der Waals surface area contributed by atoms with E-state index in [0.717, 1.165) is 9.87 Å². The fourth-order valence-electron chi connectivity index (χ4n) is 2.90. The first-order chi connectivity index (χ1) is 15.8. The van der Waals surface area contributed by atoms with Gasteiger partial charge in [0.05, 0.1) is 17.7 Å².